The molecular formula is C23H23N3O3. The highest BCUT2D eigenvalue weighted by atomic mass is 16.5. The zero-order chi connectivity index (χ0) is 20.4. The predicted octanol–water partition coefficient (Wildman–Crippen LogP) is 3.80. The third-order valence-electron chi connectivity index (χ3n) is 5.22. The van der Waals surface area contributed by atoms with E-state index in [9.17, 15) is 9.59 Å². The van der Waals surface area contributed by atoms with Gasteiger partial charge in [-0.3, -0.25) is 4.79 Å². The molecule has 0 bridgehead atoms. The highest BCUT2D eigenvalue weighted by Gasteiger charge is 2.16. The molecule has 6 heteroatoms. The lowest BCUT2D eigenvalue weighted by Crippen LogP contribution is -2.15. The number of Topliss-reactive ketones (excluding diaryl/α,β-unsaturated/α-hetero) is 1. The largest absolute Gasteiger partial charge is 0.454 e. The molecule has 148 valence electrons. The number of nitrogens with zero attached hydrogens (tertiary/aromatic N) is 3. The number of pyridine rings is 1. The van der Waals surface area contributed by atoms with Crippen molar-refractivity contribution >= 4 is 11.8 Å². The van der Waals surface area contributed by atoms with E-state index in [2.05, 4.69) is 10.1 Å². The van der Waals surface area contributed by atoms with E-state index < -0.39 is 5.97 Å². The molecule has 0 radical (unpaired) electrons. The van der Waals surface area contributed by atoms with Crippen LogP contribution in [0.15, 0.2) is 42.6 Å². The van der Waals surface area contributed by atoms with Crippen molar-refractivity contribution in [2.75, 3.05) is 6.61 Å². The number of carbonyl (C=O) groups excluding carboxylic acids is 2. The molecule has 0 saturated carbocycles. The first-order valence-electron chi connectivity index (χ1n) is 9.83. The maximum atomic E-state index is 12.4. The third-order valence-corrected chi connectivity index (χ3v) is 5.22. The smallest absolute Gasteiger partial charge is 0.340 e. The van der Waals surface area contributed by atoms with Crippen LogP contribution in [0.4, 0.5) is 0 Å². The van der Waals surface area contributed by atoms with Gasteiger partial charge in [0, 0.05) is 17.5 Å². The molecule has 4 rings (SSSR count). The summed E-state index contributed by atoms with van der Waals surface area (Å²) in [7, 11) is 0. The summed E-state index contributed by atoms with van der Waals surface area (Å²) in [5, 5.41) is 4.37. The number of aryl methyl sites for hydroxylation is 4. The lowest BCUT2D eigenvalue weighted by Gasteiger charge is -2.16. The Morgan fingerprint density at radius 2 is 1.76 bits per heavy atom. The second-order valence-corrected chi connectivity index (χ2v) is 7.43. The quantitative estimate of drug-likeness (QED) is 0.490. The lowest BCUT2D eigenvalue weighted by molar-refractivity contribution is 0.0474. The van der Waals surface area contributed by atoms with E-state index in [-0.39, 0.29) is 12.4 Å². The van der Waals surface area contributed by atoms with Gasteiger partial charge in [-0.05, 0) is 74.9 Å². The van der Waals surface area contributed by atoms with Crippen LogP contribution >= 0.6 is 0 Å². The molecule has 6 nitrogen and oxygen atoms in total. The van der Waals surface area contributed by atoms with Crippen LogP contribution in [0.25, 0.3) is 5.82 Å². The molecule has 0 fully saturated rings. The molecule has 1 aliphatic rings. The summed E-state index contributed by atoms with van der Waals surface area (Å²) in [4.78, 5) is 29.0. The van der Waals surface area contributed by atoms with E-state index in [0.717, 1.165) is 30.7 Å². The number of ether oxygens (including phenoxy) is 1. The molecule has 3 aromatic rings. The zero-order valence-corrected chi connectivity index (χ0v) is 16.6. The fourth-order valence-electron chi connectivity index (χ4n) is 3.70. The van der Waals surface area contributed by atoms with Crippen LogP contribution in [0.5, 0.6) is 0 Å². The molecule has 0 aliphatic heterocycles. The standard InChI is InChI=1S/C23H23N3O3/c1-15-11-16(2)26(25-15)22-10-9-20(13-24-22)23(28)29-14-21(27)19-8-7-17-5-3-4-6-18(17)12-19/h7-13H,3-6,14H2,1-2H3. The summed E-state index contributed by atoms with van der Waals surface area (Å²) in [6.45, 7) is 3.57. The second kappa shape index (κ2) is 7.99. The molecule has 0 spiro atoms. The molecular weight excluding hydrogens is 366 g/mol. The Hall–Kier alpha value is -3.28. The Labute approximate surface area is 169 Å². The normalized spacial score (nSPS) is 13.0. The number of hydrogen-bond acceptors (Lipinski definition) is 5. The molecule has 0 atom stereocenters. The van der Waals surface area contributed by atoms with Crippen LogP contribution in [0, 0.1) is 13.8 Å². The first-order valence-corrected chi connectivity index (χ1v) is 9.83. The highest BCUT2D eigenvalue weighted by molar-refractivity contribution is 5.99. The van der Waals surface area contributed by atoms with Crippen molar-refractivity contribution in [3.05, 3.63) is 76.2 Å². The molecule has 2 aromatic heterocycles. The maximum Gasteiger partial charge on any atom is 0.340 e. The van der Waals surface area contributed by atoms with Gasteiger partial charge >= 0.3 is 5.97 Å². The second-order valence-electron chi connectivity index (χ2n) is 7.43. The minimum Gasteiger partial charge on any atom is -0.454 e. The van der Waals surface area contributed by atoms with Gasteiger partial charge in [-0.25, -0.2) is 14.5 Å². The van der Waals surface area contributed by atoms with E-state index in [1.807, 2.05) is 38.1 Å². The Kier molecular flexibility index (Phi) is 5.25. The molecule has 0 amide bonds. The van der Waals surface area contributed by atoms with Crippen molar-refractivity contribution < 1.29 is 14.3 Å². The number of rotatable bonds is 5. The summed E-state index contributed by atoms with van der Waals surface area (Å²) in [6, 6.07) is 11.1. The van der Waals surface area contributed by atoms with Gasteiger partial charge in [-0.15, -0.1) is 0 Å². The summed E-state index contributed by atoms with van der Waals surface area (Å²) in [5.74, 6) is -0.139. The van der Waals surface area contributed by atoms with Gasteiger partial charge in [0.05, 0.1) is 11.3 Å². The molecule has 2 heterocycles. The van der Waals surface area contributed by atoms with Crippen LogP contribution in [0.2, 0.25) is 0 Å². The first kappa shape index (κ1) is 19.1. The number of benzene rings is 1. The van der Waals surface area contributed by atoms with Crippen LogP contribution in [-0.4, -0.2) is 33.1 Å². The summed E-state index contributed by atoms with van der Waals surface area (Å²) in [5.41, 5.74) is 5.30. The van der Waals surface area contributed by atoms with Crippen molar-refractivity contribution in [1.29, 1.82) is 0 Å². The number of carbonyl (C=O) groups is 2. The van der Waals surface area contributed by atoms with E-state index in [4.69, 9.17) is 4.74 Å². The summed E-state index contributed by atoms with van der Waals surface area (Å²) >= 11 is 0. The van der Waals surface area contributed by atoms with Gasteiger partial charge in [0.15, 0.2) is 18.2 Å². The Morgan fingerprint density at radius 3 is 2.45 bits per heavy atom. The van der Waals surface area contributed by atoms with Gasteiger partial charge in [0.25, 0.3) is 0 Å². The highest BCUT2D eigenvalue weighted by Crippen LogP contribution is 2.22. The molecule has 0 unspecified atom stereocenters. The van der Waals surface area contributed by atoms with E-state index in [0.29, 0.717) is 16.9 Å². The summed E-state index contributed by atoms with van der Waals surface area (Å²) < 4.78 is 6.92. The van der Waals surface area contributed by atoms with Gasteiger partial charge in [0.2, 0.25) is 0 Å². The van der Waals surface area contributed by atoms with Crippen molar-refractivity contribution in [1.82, 2.24) is 14.8 Å². The zero-order valence-electron chi connectivity index (χ0n) is 16.6. The number of ketones is 1. The Bertz CT molecular complexity index is 1070. The topological polar surface area (TPSA) is 74.1 Å². The molecule has 0 N–H and O–H groups in total. The van der Waals surface area contributed by atoms with Crippen molar-refractivity contribution in [3.8, 4) is 5.82 Å². The average Bonchev–Trinajstić information content (AvgIpc) is 3.09. The van der Waals surface area contributed by atoms with Crippen molar-refractivity contribution in [2.24, 2.45) is 0 Å². The van der Waals surface area contributed by atoms with Gasteiger partial charge in [-0.2, -0.15) is 5.10 Å². The van der Waals surface area contributed by atoms with Gasteiger partial charge in [0.1, 0.15) is 0 Å². The number of aromatic nitrogens is 3. The van der Waals surface area contributed by atoms with E-state index >= 15 is 0 Å². The Balaban J connectivity index is 1.39. The van der Waals surface area contributed by atoms with Crippen LogP contribution in [0.3, 0.4) is 0 Å². The van der Waals surface area contributed by atoms with Gasteiger partial charge < -0.3 is 4.74 Å². The van der Waals surface area contributed by atoms with Crippen LogP contribution in [0.1, 0.15) is 56.1 Å². The van der Waals surface area contributed by atoms with E-state index in [1.165, 1.54) is 23.7 Å². The molecule has 1 aliphatic carbocycles. The Morgan fingerprint density at radius 1 is 1.00 bits per heavy atom. The minimum absolute atomic E-state index is 0.195. The van der Waals surface area contributed by atoms with Gasteiger partial charge in [-0.1, -0.05) is 12.1 Å². The third kappa shape index (κ3) is 4.11. The fraction of sp³-hybridized carbons (Fsp3) is 0.304. The lowest BCUT2D eigenvalue weighted by atomic mass is 9.90. The van der Waals surface area contributed by atoms with Crippen LogP contribution < -0.4 is 0 Å². The molecule has 29 heavy (non-hydrogen) atoms. The van der Waals surface area contributed by atoms with Crippen molar-refractivity contribution in [3.63, 3.8) is 0 Å². The fourth-order valence-corrected chi connectivity index (χ4v) is 3.70. The van der Waals surface area contributed by atoms with Crippen LogP contribution in [-0.2, 0) is 17.6 Å². The minimum atomic E-state index is -0.566. The number of hydrogen-bond donors (Lipinski definition) is 0. The maximum absolute atomic E-state index is 12.4. The number of esters is 1. The average molecular weight is 389 g/mol. The monoisotopic (exact) mass is 389 g/mol. The molecule has 1 aromatic carbocycles. The summed E-state index contributed by atoms with van der Waals surface area (Å²) in [6.07, 6.45) is 5.87. The molecule has 0 saturated heterocycles. The predicted molar refractivity (Wildman–Crippen MR) is 109 cm³/mol. The SMILES string of the molecule is Cc1cc(C)n(-c2ccc(C(=O)OCC(=O)c3ccc4c(c3)CCCC4)cn2)n1. The number of fused-ring (bicyclic) bond motifs is 1. The van der Waals surface area contributed by atoms with E-state index in [1.54, 1.807) is 16.8 Å². The van der Waals surface area contributed by atoms with Crippen molar-refractivity contribution in [2.45, 2.75) is 39.5 Å². The first-order chi connectivity index (χ1) is 14.0.